The zero-order chi connectivity index (χ0) is 17.3. The van der Waals surface area contributed by atoms with Gasteiger partial charge in [-0.15, -0.1) is 0 Å². The maximum atomic E-state index is 5.52. The van der Waals surface area contributed by atoms with Crippen molar-refractivity contribution in [1.82, 2.24) is 14.5 Å². The van der Waals surface area contributed by atoms with E-state index in [1.807, 2.05) is 30.9 Å². The fourth-order valence-corrected chi connectivity index (χ4v) is 3.03. The Bertz CT molecular complexity index is 741. The van der Waals surface area contributed by atoms with Crippen LogP contribution in [0.1, 0.15) is 17.5 Å². The molecule has 3 rings (SSSR count). The van der Waals surface area contributed by atoms with E-state index in [1.54, 1.807) is 7.11 Å². The summed E-state index contributed by atoms with van der Waals surface area (Å²) >= 11 is 0. The van der Waals surface area contributed by atoms with Crippen LogP contribution < -0.4 is 4.74 Å². The normalized spacial score (nSPS) is 11.0. The Labute approximate surface area is 149 Å². The van der Waals surface area contributed by atoms with Crippen LogP contribution in [0, 0.1) is 0 Å². The summed E-state index contributed by atoms with van der Waals surface area (Å²) in [6.07, 6.45) is 6.80. The van der Waals surface area contributed by atoms with Gasteiger partial charge in [-0.05, 0) is 18.1 Å². The molecule has 0 saturated carbocycles. The van der Waals surface area contributed by atoms with Crippen LogP contribution in [-0.4, -0.2) is 28.1 Å². The Hall–Kier alpha value is -2.59. The number of aromatic nitrogens is 2. The molecule has 1 heterocycles. The number of aryl methyl sites for hydroxylation is 1. The molecule has 1 aromatic heterocycles. The zero-order valence-corrected chi connectivity index (χ0v) is 14.7. The first-order chi connectivity index (χ1) is 12.3. The topological polar surface area (TPSA) is 30.3 Å². The number of nitrogens with zero attached hydrogens (tertiary/aromatic N) is 3. The molecule has 3 aromatic rings. The summed E-state index contributed by atoms with van der Waals surface area (Å²) < 4.78 is 7.65. The van der Waals surface area contributed by atoms with Gasteiger partial charge in [-0.2, -0.15) is 0 Å². The van der Waals surface area contributed by atoms with Crippen LogP contribution in [0.4, 0.5) is 0 Å². The molecule has 0 aliphatic heterocycles. The summed E-state index contributed by atoms with van der Waals surface area (Å²) in [6, 6.07) is 18.9. The van der Waals surface area contributed by atoms with Crippen molar-refractivity contribution in [3.63, 3.8) is 0 Å². The van der Waals surface area contributed by atoms with Crippen molar-refractivity contribution in [2.45, 2.75) is 26.1 Å². The number of ether oxygens (including phenoxy) is 1. The number of rotatable bonds is 9. The third-order valence-electron chi connectivity index (χ3n) is 4.29. The Kier molecular flexibility index (Phi) is 6.23. The highest BCUT2D eigenvalue weighted by Crippen LogP contribution is 2.20. The van der Waals surface area contributed by atoms with Gasteiger partial charge < -0.3 is 9.30 Å². The Morgan fingerprint density at radius 3 is 2.56 bits per heavy atom. The molecule has 0 radical (unpaired) electrons. The second kappa shape index (κ2) is 9.04. The van der Waals surface area contributed by atoms with Crippen LogP contribution in [0.15, 0.2) is 73.3 Å². The van der Waals surface area contributed by atoms with Crippen LogP contribution >= 0.6 is 0 Å². The molecule has 25 heavy (non-hydrogen) atoms. The van der Waals surface area contributed by atoms with Gasteiger partial charge in [-0.3, -0.25) is 4.90 Å². The monoisotopic (exact) mass is 335 g/mol. The standard InChI is InChI=1S/C21H25N3O/c1-25-21-11-6-5-10-20(21)17-24(16-19-8-3-2-4-9-19)14-7-13-23-15-12-22-18-23/h2-6,8-12,15,18H,7,13-14,16-17H2,1H3. The van der Waals surface area contributed by atoms with Gasteiger partial charge in [0.15, 0.2) is 0 Å². The van der Waals surface area contributed by atoms with E-state index in [1.165, 1.54) is 11.1 Å². The molecule has 0 N–H and O–H groups in total. The number of hydrogen-bond acceptors (Lipinski definition) is 3. The van der Waals surface area contributed by atoms with Crippen molar-refractivity contribution in [1.29, 1.82) is 0 Å². The van der Waals surface area contributed by atoms with Gasteiger partial charge in [-0.25, -0.2) is 4.98 Å². The zero-order valence-electron chi connectivity index (χ0n) is 14.7. The Balaban J connectivity index is 1.66. The smallest absolute Gasteiger partial charge is 0.123 e. The lowest BCUT2D eigenvalue weighted by Crippen LogP contribution is -2.25. The van der Waals surface area contributed by atoms with Gasteiger partial charge in [-0.1, -0.05) is 48.5 Å². The lowest BCUT2D eigenvalue weighted by atomic mass is 10.1. The minimum absolute atomic E-state index is 0.878. The SMILES string of the molecule is COc1ccccc1CN(CCCn1ccnc1)Cc1ccccc1. The molecule has 0 aliphatic rings. The molecule has 0 fully saturated rings. The highest BCUT2D eigenvalue weighted by atomic mass is 16.5. The number of para-hydroxylation sites is 1. The fraction of sp³-hybridized carbons (Fsp3) is 0.286. The van der Waals surface area contributed by atoms with Crippen molar-refractivity contribution < 1.29 is 4.74 Å². The molecule has 0 aliphatic carbocycles. The third-order valence-corrected chi connectivity index (χ3v) is 4.29. The summed E-state index contributed by atoms with van der Waals surface area (Å²) in [7, 11) is 1.74. The van der Waals surface area contributed by atoms with Crippen LogP contribution in [0.5, 0.6) is 5.75 Å². The molecule has 4 nitrogen and oxygen atoms in total. The highest BCUT2D eigenvalue weighted by Gasteiger charge is 2.10. The van der Waals surface area contributed by atoms with E-state index < -0.39 is 0 Å². The van der Waals surface area contributed by atoms with Gasteiger partial charge in [0.25, 0.3) is 0 Å². The van der Waals surface area contributed by atoms with Crippen molar-refractivity contribution in [3.8, 4) is 5.75 Å². The predicted octanol–water partition coefficient (Wildman–Crippen LogP) is 3.98. The first-order valence-electron chi connectivity index (χ1n) is 8.69. The summed E-state index contributed by atoms with van der Waals surface area (Å²) in [5, 5.41) is 0. The molecule has 0 spiro atoms. The average molecular weight is 335 g/mol. The number of benzene rings is 2. The fourth-order valence-electron chi connectivity index (χ4n) is 3.03. The first-order valence-corrected chi connectivity index (χ1v) is 8.69. The predicted molar refractivity (Wildman–Crippen MR) is 100 cm³/mol. The Morgan fingerprint density at radius 1 is 1.00 bits per heavy atom. The van der Waals surface area contributed by atoms with E-state index in [0.717, 1.165) is 38.3 Å². The molecule has 0 amide bonds. The van der Waals surface area contributed by atoms with Crippen LogP contribution in [0.25, 0.3) is 0 Å². The van der Waals surface area contributed by atoms with Crippen molar-refractivity contribution in [3.05, 3.63) is 84.4 Å². The van der Waals surface area contributed by atoms with E-state index in [0.29, 0.717) is 0 Å². The quantitative estimate of drug-likeness (QED) is 0.592. The molecule has 0 saturated heterocycles. The molecule has 0 bridgehead atoms. The number of hydrogen-bond donors (Lipinski definition) is 0. The van der Waals surface area contributed by atoms with E-state index >= 15 is 0 Å². The van der Waals surface area contributed by atoms with Crippen LogP contribution in [0.2, 0.25) is 0 Å². The van der Waals surface area contributed by atoms with Crippen molar-refractivity contribution >= 4 is 0 Å². The lowest BCUT2D eigenvalue weighted by Gasteiger charge is -2.23. The van der Waals surface area contributed by atoms with E-state index in [4.69, 9.17) is 4.74 Å². The summed E-state index contributed by atoms with van der Waals surface area (Å²) in [5.41, 5.74) is 2.56. The van der Waals surface area contributed by atoms with Crippen LogP contribution in [0.3, 0.4) is 0 Å². The summed E-state index contributed by atoms with van der Waals surface area (Å²) in [6.45, 7) is 3.81. The third kappa shape index (κ3) is 5.19. The highest BCUT2D eigenvalue weighted by molar-refractivity contribution is 5.33. The minimum atomic E-state index is 0.878. The summed E-state index contributed by atoms with van der Waals surface area (Å²) in [5.74, 6) is 0.954. The first kappa shape index (κ1) is 17.2. The average Bonchev–Trinajstić information content (AvgIpc) is 3.16. The molecular weight excluding hydrogens is 310 g/mol. The van der Waals surface area contributed by atoms with Gasteiger partial charge in [0.2, 0.25) is 0 Å². The molecule has 0 unspecified atom stereocenters. The van der Waals surface area contributed by atoms with Gasteiger partial charge in [0.1, 0.15) is 5.75 Å². The molecule has 4 heteroatoms. The number of imidazole rings is 1. The number of methoxy groups -OCH3 is 1. The molecule has 2 aromatic carbocycles. The van der Waals surface area contributed by atoms with E-state index in [9.17, 15) is 0 Å². The Morgan fingerprint density at radius 2 is 1.80 bits per heavy atom. The lowest BCUT2D eigenvalue weighted by molar-refractivity contribution is 0.244. The maximum Gasteiger partial charge on any atom is 0.123 e. The van der Waals surface area contributed by atoms with Gasteiger partial charge in [0, 0.05) is 44.1 Å². The molecular formula is C21H25N3O. The second-order valence-electron chi connectivity index (χ2n) is 6.16. The summed E-state index contributed by atoms with van der Waals surface area (Å²) in [4.78, 5) is 6.59. The molecule has 0 atom stereocenters. The van der Waals surface area contributed by atoms with Gasteiger partial charge in [0.05, 0.1) is 13.4 Å². The molecule has 130 valence electrons. The minimum Gasteiger partial charge on any atom is -0.496 e. The van der Waals surface area contributed by atoms with Crippen molar-refractivity contribution in [2.75, 3.05) is 13.7 Å². The van der Waals surface area contributed by atoms with E-state index in [-0.39, 0.29) is 0 Å². The van der Waals surface area contributed by atoms with Crippen LogP contribution in [-0.2, 0) is 19.6 Å². The van der Waals surface area contributed by atoms with Crippen molar-refractivity contribution in [2.24, 2.45) is 0 Å². The largest absolute Gasteiger partial charge is 0.496 e. The second-order valence-corrected chi connectivity index (χ2v) is 6.16. The maximum absolute atomic E-state index is 5.52. The van der Waals surface area contributed by atoms with E-state index in [2.05, 4.69) is 56.9 Å². The van der Waals surface area contributed by atoms with Gasteiger partial charge >= 0.3 is 0 Å².